The lowest BCUT2D eigenvalue weighted by molar-refractivity contribution is -0.127. The van der Waals surface area contributed by atoms with Crippen molar-refractivity contribution in [1.29, 1.82) is 0 Å². The number of anilines is 1. The second kappa shape index (κ2) is 9.74. The molecule has 2 rings (SSSR count). The largest absolute Gasteiger partial charge is 0.497 e. The molecule has 0 unspecified atom stereocenters. The number of rotatable bonds is 7. The van der Waals surface area contributed by atoms with E-state index in [-0.39, 0.29) is 30.4 Å². The molecule has 1 aliphatic carbocycles. The highest BCUT2D eigenvalue weighted by molar-refractivity contribution is 5.93. The van der Waals surface area contributed by atoms with Gasteiger partial charge in [0.25, 0.3) is 0 Å². The molecule has 1 aromatic carbocycles. The second-order valence-electron chi connectivity index (χ2n) is 7.75. The fourth-order valence-electron chi connectivity index (χ4n) is 3.55. The monoisotopic (exact) mass is 375 g/mol. The van der Waals surface area contributed by atoms with E-state index < -0.39 is 0 Å². The normalized spacial score (nSPS) is 23.6. The van der Waals surface area contributed by atoms with Crippen LogP contribution in [-0.2, 0) is 9.59 Å². The molecule has 0 radical (unpaired) electrons. The van der Waals surface area contributed by atoms with Crippen molar-refractivity contribution in [2.75, 3.05) is 26.0 Å². The highest BCUT2D eigenvalue weighted by Gasteiger charge is 2.30. The number of nitrogens with one attached hydrogen (secondary N) is 2. The quantitative estimate of drug-likeness (QED) is 0.769. The Morgan fingerprint density at radius 2 is 2.04 bits per heavy atom. The average Bonchev–Trinajstić information content (AvgIpc) is 2.64. The summed E-state index contributed by atoms with van der Waals surface area (Å²) in [5.41, 5.74) is 0.676. The first-order valence-electron chi connectivity index (χ1n) is 9.76. The number of carbonyl (C=O) groups is 2. The van der Waals surface area contributed by atoms with E-state index in [1.807, 2.05) is 25.1 Å². The van der Waals surface area contributed by atoms with Gasteiger partial charge in [-0.3, -0.25) is 14.5 Å². The van der Waals surface area contributed by atoms with Crippen LogP contribution >= 0.6 is 0 Å². The molecule has 2 N–H and O–H groups in total. The summed E-state index contributed by atoms with van der Waals surface area (Å²) >= 11 is 0. The Labute approximate surface area is 162 Å². The fraction of sp³-hybridized carbons (Fsp3) is 0.619. The van der Waals surface area contributed by atoms with E-state index >= 15 is 0 Å². The summed E-state index contributed by atoms with van der Waals surface area (Å²) in [6.45, 7) is 6.44. The van der Waals surface area contributed by atoms with Gasteiger partial charge in [0, 0.05) is 17.8 Å². The number of carbonyl (C=O) groups excluding carboxylic acids is 2. The number of hydrogen-bond donors (Lipinski definition) is 2. The molecule has 27 heavy (non-hydrogen) atoms. The van der Waals surface area contributed by atoms with Crippen molar-refractivity contribution in [3.63, 3.8) is 0 Å². The van der Waals surface area contributed by atoms with Gasteiger partial charge in [-0.05, 0) is 44.4 Å². The maximum Gasteiger partial charge on any atom is 0.238 e. The SMILES string of the molecule is COc1cccc(NC(=O)CN(C)[C@H](C)C(=O)N[C@H]2CCC[C@H](C)[C@H]2C)c1. The standard InChI is InChI=1S/C21H33N3O3/c1-14-8-6-11-19(15(14)2)23-21(26)16(3)24(4)13-20(25)22-17-9-7-10-18(12-17)27-5/h7,9-10,12,14-16,19H,6,8,11,13H2,1-5H3,(H,22,25)(H,23,26)/t14-,15+,16+,19-/m0/s1. The summed E-state index contributed by atoms with van der Waals surface area (Å²) in [6, 6.07) is 7.07. The second-order valence-corrected chi connectivity index (χ2v) is 7.75. The summed E-state index contributed by atoms with van der Waals surface area (Å²) in [6.07, 6.45) is 3.42. The van der Waals surface area contributed by atoms with Crippen molar-refractivity contribution >= 4 is 17.5 Å². The third-order valence-electron chi connectivity index (χ3n) is 5.82. The molecule has 0 aromatic heterocycles. The van der Waals surface area contributed by atoms with Crippen LogP contribution in [-0.4, -0.2) is 49.5 Å². The van der Waals surface area contributed by atoms with Gasteiger partial charge < -0.3 is 15.4 Å². The molecule has 0 spiro atoms. The molecule has 150 valence electrons. The van der Waals surface area contributed by atoms with Gasteiger partial charge >= 0.3 is 0 Å². The van der Waals surface area contributed by atoms with Gasteiger partial charge in [0.05, 0.1) is 19.7 Å². The van der Waals surface area contributed by atoms with Gasteiger partial charge in [0.1, 0.15) is 5.75 Å². The summed E-state index contributed by atoms with van der Waals surface area (Å²) in [7, 11) is 3.38. The van der Waals surface area contributed by atoms with Crippen LogP contribution < -0.4 is 15.4 Å². The predicted molar refractivity (Wildman–Crippen MR) is 108 cm³/mol. The van der Waals surface area contributed by atoms with E-state index in [9.17, 15) is 9.59 Å². The van der Waals surface area contributed by atoms with Crippen LogP contribution in [0.1, 0.15) is 40.0 Å². The molecule has 2 amide bonds. The number of methoxy groups -OCH3 is 1. The van der Waals surface area contributed by atoms with E-state index in [1.165, 1.54) is 6.42 Å². The Morgan fingerprint density at radius 3 is 2.74 bits per heavy atom. The zero-order valence-electron chi connectivity index (χ0n) is 17.1. The summed E-state index contributed by atoms with van der Waals surface area (Å²) < 4.78 is 5.16. The Morgan fingerprint density at radius 1 is 1.30 bits per heavy atom. The molecular formula is C21H33N3O3. The molecule has 0 saturated heterocycles. The van der Waals surface area contributed by atoms with Crippen molar-refractivity contribution in [3.05, 3.63) is 24.3 Å². The minimum absolute atomic E-state index is 0.0161. The Balaban J connectivity index is 1.85. The molecular weight excluding hydrogens is 342 g/mol. The first kappa shape index (κ1) is 21.2. The first-order valence-corrected chi connectivity index (χ1v) is 9.76. The summed E-state index contributed by atoms with van der Waals surface area (Å²) in [4.78, 5) is 26.7. The van der Waals surface area contributed by atoms with Gasteiger partial charge in [-0.1, -0.05) is 32.8 Å². The van der Waals surface area contributed by atoms with Crippen molar-refractivity contribution in [3.8, 4) is 5.75 Å². The average molecular weight is 376 g/mol. The Bertz CT molecular complexity index is 649. The highest BCUT2D eigenvalue weighted by Crippen LogP contribution is 2.29. The Hall–Kier alpha value is -2.08. The van der Waals surface area contributed by atoms with Gasteiger partial charge in [-0.25, -0.2) is 0 Å². The number of amides is 2. The fourth-order valence-corrected chi connectivity index (χ4v) is 3.55. The maximum atomic E-state index is 12.6. The van der Waals surface area contributed by atoms with E-state index in [2.05, 4.69) is 24.5 Å². The number of hydrogen-bond acceptors (Lipinski definition) is 4. The topological polar surface area (TPSA) is 70.7 Å². The molecule has 0 aliphatic heterocycles. The van der Waals surface area contributed by atoms with Crippen molar-refractivity contribution < 1.29 is 14.3 Å². The van der Waals surface area contributed by atoms with Gasteiger partial charge in [-0.2, -0.15) is 0 Å². The predicted octanol–water partition coefficient (Wildman–Crippen LogP) is 2.89. The van der Waals surface area contributed by atoms with Gasteiger partial charge in [0.2, 0.25) is 11.8 Å². The van der Waals surface area contributed by atoms with E-state index in [1.54, 1.807) is 25.1 Å². The van der Waals surface area contributed by atoms with Crippen LogP contribution in [0.15, 0.2) is 24.3 Å². The summed E-state index contributed by atoms with van der Waals surface area (Å²) in [5, 5.41) is 6.03. The minimum atomic E-state index is -0.370. The van der Waals surface area contributed by atoms with Crippen molar-refractivity contribution in [2.45, 2.75) is 52.1 Å². The number of nitrogens with zero attached hydrogens (tertiary/aromatic N) is 1. The zero-order valence-corrected chi connectivity index (χ0v) is 17.1. The van der Waals surface area contributed by atoms with E-state index in [0.29, 0.717) is 23.3 Å². The van der Waals surface area contributed by atoms with Crippen LogP contribution in [0.2, 0.25) is 0 Å². The van der Waals surface area contributed by atoms with Crippen LogP contribution in [0.25, 0.3) is 0 Å². The lowest BCUT2D eigenvalue weighted by atomic mass is 9.78. The minimum Gasteiger partial charge on any atom is -0.497 e. The van der Waals surface area contributed by atoms with E-state index in [4.69, 9.17) is 4.74 Å². The van der Waals surface area contributed by atoms with Crippen molar-refractivity contribution in [1.82, 2.24) is 10.2 Å². The van der Waals surface area contributed by atoms with Crippen LogP contribution in [0.4, 0.5) is 5.69 Å². The van der Waals surface area contributed by atoms with Gasteiger partial charge in [0.15, 0.2) is 0 Å². The molecule has 0 heterocycles. The molecule has 1 aromatic rings. The molecule has 1 fully saturated rings. The zero-order chi connectivity index (χ0) is 20.0. The Kier molecular flexibility index (Phi) is 7.66. The van der Waals surface area contributed by atoms with Crippen molar-refractivity contribution in [2.24, 2.45) is 11.8 Å². The molecule has 1 aliphatic rings. The van der Waals surface area contributed by atoms with Gasteiger partial charge in [-0.15, -0.1) is 0 Å². The van der Waals surface area contributed by atoms with Crippen LogP contribution in [0, 0.1) is 11.8 Å². The first-order chi connectivity index (χ1) is 12.8. The molecule has 6 nitrogen and oxygen atoms in total. The van der Waals surface area contributed by atoms with Crippen LogP contribution in [0.5, 0.6) is 5.75 Å². The number of benzene rings is 1. The third kappa shape index (κ3) is 5.96. The third-order valence-corrected chi connectivity index (χ3v) is 5.82. The molecule has 1 saturated carbocycles. The maximum absolute atomic E-state index is 12.6. The molecule has 0 bridgehead atoms. The van der Waals surface area contributed by atoms with E-state index in [0.717, 1.165) is 12.8 Å². The molecule has 6 heteroatoms. The molecule has 4 atom stereocenters. The highest BCUT2D eigenvalue weighted by atomic mass is 16.5. The summed E-state index contributed by atoms with van der Waals surface area (Å²) in [5.74, 6) is 1.62. The number of likely N-dealkylation sites (N-methyl/N-ethyl adjacent to an activating group) is 1. The lowest BCUT2D eigenvalue weighted by Crippen LogP contribution is -2.51. The van der Waals surface area contributed by atoms with Crippen LogP contribution in [0.3, 0.4) is 0 Å². The smallest absolute Gasteiger partial charge is 0.238 e. The lowest BCUT2D eigenvalue weighted by Gasteiger charge is -2.36. The number of ether oxygens (including phenoxy) is 1.